The van der Waals surface area contributed by atoms with Gasteiger partial charge >= 0.3 is 12.4 Å². The number of hydrogen-bond donors (Lipinski definition) is 1. The largest absolute Gasteiger partial charge is 0.422 e. The van der Waals surface area contributed by atoms with Gasteiger partial charge in [0.05, 0.1) is 11.3 Å². The Morgan fingerprint density at radius 3 is 2.24 bits per heavy atom. The van der Waals surface area contributed by atoms with Crippen molar-refractivity contribution in [3.05, 3.63) is 45.1 Å². The first-order chi connectivity index (χ1) is 15.4. The van der Waals surface area contributed by atoms with Crippen molar-refractivity contribution in [1.29, 1.82) is 0 Å². The van der Waals surface area contributed by atoms with E-state index in [2.05, 4.69) is 15.1 Å². The van der Waals surface area contributed by atoms with Gasteiger partial charge < -0.3 is 9.80 Å². The quantitative estimate of drug-likeness (QED) is 0.684. The molecular formula is C19H18F6N6O2. The number of alkyl halides is 6. The molecule has 1 saturated heterocycles. The van der Waals surface area contributed by atoms with Crippen LogP contribution in [0.15, 0.2) is 17.2 Å². The Hall–Kier alpha value is -3.19. The van der Waals surface area contributed by atoms with Crippen LogP contribution < -0.4 is 10.5 Å². The van der Waals surface area contributed by atoms with E-state index >= 15 is 0 Å². The van der Waals surface area contributed by atoms with Crippen LogP contribution in [-0.2, 0) is 23.6 Å². The number of H-pyrrole nitrogens is 1. The molecular weight excluding hydrogens is 458 g/mol. The number of carbonyl (C=O) groups is 1. The molecule has 4 rings (SSSR count). The number of aromatic nitrogens is 4. The molecule has 1 aliphatic heterocycles. The molecule has 1 aliphatic carbocycles. The zero-order valence-corrected chi connectivity index (χ0v) is 17.0. The van der Waals surface area contributed by atoms with E-state index in [4.69, 9.17) is 0 Å². The second-order valence-corrected chi connectivity index (χ2v) is 7.87. The predicted molar refractivity (Wildman–Crippen MR) is 101 cm³/mol. The molecule has 178 valence electrons. The first-order valence-corrected chi connectivity index (χ1v) is 10.1. The summed E-state index contributed by atoms with van der Waals surface area (Å²) in [6.45, 7) is 1.11. The van der Waals surface area contributed by atoms with Crippen LogP contribution in [0.4, 0.5) is 32.3 Å². The fraction of sp³-hybridized carbons (Fsp3) is 0.526. The van der Waals surface area contributed by atoms with Crippen LogP contribution >= 0.6 is 0 Å². The van der Waals surface area contributed by atoms with Gasteiger partial charge in [0, 0.05) is 50.9 Å². The smallest absolute Gasteiger partial charge is 0.339 e. The molecule has 14 heteroatoms. The molecule has 2 aromatic heterocycles. The molecule has 33 heavy (non-hydrogen) atoms. The summed E-state index contributed by atoms with van der Waals surface area (Å²) >= 11 is 0. The van der Waals surface area contributed by atoms with Crippen LogP contribution in [0.25, 0.3) is 0 Å². The highest BCUT2D eigenvalue weighted by atomic mass is 19.4. The highest BCUT2D eigenvalue weighted by Gasteiger charge is 2.42. The maximum absolute atomic E-state index is 13.2. The van der Waals surface area contributed by atoms with Crippen LogP contribution in [0, 0.1) is 0 Å². The zero-order chi connectivity index (χ0) is 24.0. The average molecular weight is 476 g/mol. The van der Waals surface area contributed by atoms with E-state index in [9.17, 15) is 35.9 Å². The van der Waals surface area contributed by atoms with E-state index in [0.717, 1.165) is 0 Å². The lowest BCUT2D eigenvalue weighted by atomic mass is 10.0. The summed E-state index contributed by atoms with van der Waals surface area (Å²) in [5, 5.41) is 5.66. The number of fused-ring (bicyclic) bond motifs is 1. The average Bonchev–Trinajstić information content (AvgIpc) is 3.14. The van der Waals surface area contributed by atoms with E-state index in [1.54, 1.807) is 4.90 Å². The minimum atomic E-state index is -4.81. The van der Waals surface area contributed by atoms with Gasteiger partial charge in [0.2, 0.25) is 11.9 Å². The third-order valence-corrected chi connectivity index (χ3v) is 5.83. The number of nitrogens with one attached hydrogen (secondary N) is 1. The van der Waals surface area contributed by atoms with Gasteiger partial charge in [-0.25, -0.2) is 15.1 Å². The second-order valence-electron chi connectivity index (χ2n) is 7.87. The molecule has 1 fully saturated rings. The van der Waals surface area contributed by atoms with Gasteiger partial charge in [0.15, 0.2) is 0 Å². The first kappa shape index (κ1) is 23.0. The van der Waals surface area contributed by atoms with Crippen LogP contribution in [0.3, 0.4) is 0 Å². The maximum Gasteiger partial charge on any atom is 0.422 e. The monoisotopic (exact) mass is 476 g/mol. The minimum Gasteiger partial charge on any atom is -0.339 e. The summed E-state index contributed by atoms with van der Waals surface area (Å²) in [6.07, 6.45) is -7.72. The third kappa shape index (κ3) is 4.64. The van der Waals surface area contributed by atoms with Crippen molar-refractivity contribution in [3.8, 4) is 0 Å². The molecule has 1 amide bonds. The van der Waals surface area contributed by atoms with Crippen molar-refractivity contribution in [1.82, 2.24) is 25.1 Å². The molecule has 1 unspecified atom stereocenters. The Bertz CT molecular complexity index is 1090. The molecule has 2 aliphatic rings. The number of halogens is 6. The van der Waals surface area contributed by atoms with Crippen molar-refractivity contribution in [2.45, 2.75) is 37.5 Å². The normalized spacial score (nSPS) is 19.0. The Morgan fingerprint density at radius 2 is 1.67 bits per heavy atom. The van der Waals surface area contributed by atoms with Gasteiger partial charge in [-0.05, 0) is 18.4 Å². The van der Waals surface area contributed by atoms with Crippen LogP contribution in [0.5, 0.6) is 0 Å². The van der Waals surface area contributed by atoms with E-state index in [-0.39, 0.29) is 55.5 Å². The summed E-state index contributed by atoms with van der Waals surface area (Å²) in [5.74, 6) is -0.697. The Morgan fingerprint density at radius 1 is 1.03 bits per heavy atom. The minimum absolute atomic E-state index is 0.0120. The van der Waals surface area contributed by atoms with E-state index in [1.807, 2.05) is 5.10 Å². The topological polar surface area (TPSA) is 95.1 Å². The molecule has 1 N–H and O–H groups in total. The van der Waals surface area contributed by atoms with Gasteiger partial charge in [-0.1, -0.05) is 0 Å². The summed E-state index contributed by atoms with van der Waals surface area (Å²) in [7, 11) is 0. The number of aromatic amines is 1. The van der Waals surface area contributed by atoms with Gasteiger partial charge in [0.1, 0.15) is 5.56 Å². The number of rotatable bonds is 3. The molecule has 0 spiro atoms. The van der Waals surface area contributed by atoms with Crippen LogP contribution in [0.1, 0.15) is 41.1 Å². The standard InChI is InChI=1S/C19H18F6N6O2/c20-18(21,22)11-8-26-17(27-9-11)31-5-3-30(4-6-31)13(32)7-10-1-2-12-14(19(23,24)25)16(33)29-28-15(10)12/h8-10H,1-7H2,(H,29,33). The van der Waals surface area contributed by atoms with Crippen molar-refractivity contribution in [3.63, 3.8) is 0 Å². The number of piperazine rings is 1. The molecule has 0 saturated carbocycles. The fourth-order valence-corrected chi connectivity index (χ4v) is 4.17. The molecule has 1 atom stereocenters. The van der Waals surface area contributed by atoms with Crippen molar-refractivity contribution < 1.29 is 31.1 Å². The Balaban J connectivity index is 1.38. The Labute approximate surface area is 182 Å². The van der Waals surface area contributed by atoms with Gasteiger partial charge in [-0.3, -0.25) is 9.59 Å². The lowest BCUT2D eigenvalue weighted by Gasteiger charge is -2.35. The number of carbonyl (C=O) groups excluding carboxylic acids is 1. The van der Waals surface area contributed by atoms with Crippen molar-refractivity contribution in [2.75, 3.05) is 31.1 Å². The van der Waals surface area contributed by atoms with E-state index in [0.29, 0.717) is 25.5 Å². The highest BCUT2D eigenvalue weighted by Crippen LogP contribution is 2.39. The SMILES string of the molecule is O=C(CC1CCc2c1n[nH]c(=O)c2C(F)(F)F)N1CCN(c2ncc(C(F)(F)F)cn2)CC1. The molecule has 0 radical (unpaired) electrons. The van der Waals surface area contributed by atoms with E-state index in [1.165, 1.54) is 4.90 Å². The molecule has 0 bridgehead atoms. The first-order valence-electron chi connectivity index (χ1n) is 10.1. The maximum atomic E-state index is 13.2. The predicted octanol–water partition coefficient (Wildman–Crippen LogP) is 2.37. The van der Waals surface area contributed by atoms with Gasteiger partial charge in [-0.2, -0.15) is 31.4 Å². The lowest BCUT2D eigenvalue weighted by molar-refractivity contribution is -0.139. The highest BCUT2D eigenvalue weighted by molar-refractivity contribution is 5.77. The van der Waals surface area contributed by atoms with Crippen LogP contribution in [0.2, 0.25) is 0 Å². The summed E-state index contributed by atoms with van der Waals surface area (Å²) in [6, 6.07) is 0. The Kier molecular flexibility index (Phi) is 5.78. The third-order valence-electron chi connectivity index (χ3n) is 5.83. The molecule has 3 heterocycles. The summed E-state index contributed by atoms with van der Waals surface area (Å²) in [4.78, 5) is 35.0. The number of nitrogens with zero attached hydrogens (tertiary/aromatic N) is 5. The summed E-state index contributed by atoms with van der Waals surface area (Å²) in [5.41, 5.74) is -3.58. The lowest BCUT2D eigenvalue weighted by Crippen LogP contribution is -2.49. The zero-order valence-electron chi connectivity index (χ0n) is 17.0. The second kappa shape index (κ2) is 8.30. The summed E-state index contributed by atoms with van der Waals surface area (Å²) < 4.78 is 77.7. The number of amides is 1. The molecule has 8 nitrogen and oxygen atoms in total. The van der Waals surface area contributed by atoms with Crippen molar-refractivity contribution >= 4 is 11.9 Å². The number of hydrogen-bond acceptors (Lipinski definition) is 6. The number of anilines is 1. The van der Waals surface area contributed by atoms with E-state index < -0.39 is 35.0 Å². The molecule has 2 aromatic rings. The van der Waals surface area contributed by atoms with Crippen LogP contribution in [-0.4, -0.2) is 57.2 Å². The molecule has 0 aromatic carbocycles. The fourth-order valence-electron chi connectivity index (χ4n) is 4.17. The van der Waals surface area contributed by atoms with Gasteiger partial charge in [0.25, 0.3) is 5.56 Å². The van der Waals surface area contributed by atoms with Gasteiger partial charge in [-0.15, -0.1) is 0 Å². The van der Waals surface area contributed by atoms with Crippen molar-refractivity contribution in [2.24, 2.45) is 0 Å².